The minimum Gasteiger partial charge on any atom is -0.460 e. The first-order chi connectivity index (χ1) is 14.9. The van der Waals surface area contributed by atoms with E-state index < -0.39 is 11.7 Å². The van der Waals surface area contributed by atoms with Crippen LogP contribution in [0.15, 0.2) is 22.4 Å². The fraction of sp³-hybridized carbons (Fsp3) is 0.682. The summed E-state index contributed by atoms with van der Waals surface area (Å²) in [6.07, 6.45) is 1.08. The molecule has 180 valence electrons. The number of amidine groups is 1. The number of nitrogens with zero attached hydrogens (tertiary/aromatic N) is 3. The third-order valence-electron chi connectivity index (χ3n) is 5.04. The van der Waals surface area contributed by atoms with E-state index in [0.29, 0.717) is 50.1 Å². The Morgan fingerprint density at radius 2 is 1.66 bits per heavy atom. The predicted molar refractivity (Wildman–Crippen MR) is 125 cm³/mol. The van der Waals surface area contributed by atoms with Gasteiger partial charge >= 0.3 is 6.03 Å². The highest BCUT2D eigenvalue weighted by molar-refractivity contribution is 6.31. The third-order valence-corrected chi connectivity index (χ3v) is 5.52. The number of urea groups is 1. The van der Waals surface area contributed by atoms with Crippen molar-refractivity contribution < 1.29 is 19.1 Å². The van der Waals surface area contributed by atoms with E-state index in [9.17, 15) is 9.59 Å². The van der Waals surface area contributed by atoms with E-state index in [-0.39, 0.29) is 24.5 Å². The first-order valence-corrected chi connectivity index (χ1v) is 11.3. The summed E-state index contributed by atoms with van der Waals surface area (Å²) in [7, 11) is 0. The number of amides is 3. The number of carbonyl (C=O) groups excluding carboxylic acids is 2. The smallest absolute Gasteiger partial charge is 0.321 e. The van der Waals surface area contributed by atoms with Gasteiger partial charge < -0.3 is 29.5 Å². The molecule has 32 heavy (non-hydrogen) atoms. The molecule has 2 rings (SSSR count). The van der Waals surface area contributed by atoms with Crippen LogP contribution in [0.1, 0.15) is 41.5 Å². The summed E-state index contributed by atoms with van der Waals surface area (Å²) in [6.45, 7) is 14.1. The van der Waals surface area contributed by atoms with Gasteiger partial charge in [-0.1, -0.05) is 17.2 Å². The molecule has 3 amide bonds. The molecule has 2 fully saturated rings. The van der Waals surface area contributed by atoms with Crippen molar-refractivity contribution in [1.82, 2.24) is 20.0 Å². The Morgan fingerprint density at radius 1 is 1.06 bits per heavy atom. The van der Waals surface area contributed by atoms with Crippen molar-refractivity contribution in [3.8, 4) is 0 Å². The topological polar surface area (TPSA) is 98.2 Å². The molecule has 1 unspecified atom stereocenters. The van der Waals surface area contributed by atoms with Gasteiger partial charge in [-0.05, 0) is 47.6 Å². The first kappa shape index (κ1) is 26.0. The molecule has 2 N–H and O–H groups in total. The largest absolute Gasteiger partial charge is 0.460 e. The quantitative estimate of drug-likeness (QED) is 0.376. The Bertz CT molecular complexity index is 778. The number of halogens is 1. The van der Waals surface area contributed by atoms with Crippen LogP contribution in [0.3, 0.4) is 0 Å². The molecule has 2 heterocycles. The van der Waals surface area contributed by atoms with Crippen molar-refractivity contribution in [3.05, 3.63) is 22.4 Å². The van der Waals surface area contributed by atoms with Gasteiger partial charge in [0.25, 0.3) is 11.9 Å². The lowest BCUT2D eigenvalue weighted by molar-refractivity contribution is -0.149. The SMILES string of the molecule is CC(C)=C(Cl)/C=C(\C)NC(=O)N1CCN(C(=O)C2CN(C(=N)OC(C)(C)C)CCO2)CC1. The molecule has 2 aliphatic rings. The Morgan fingerprint density at radius 3 is 2.22 bits per heavy atom. The average Bonchev–Trinajstić information content (AvgIpc) is 2.72. The van der Waals surface area contributed by atoms with Crippen LogP contribution in [0.25, 0.3) is 0 Å². The van der Waals surface area contributed by atoms with E-state index in [2.05, 4.69) is 5.32 Å². The highest BCUT2D eigenvalue weighted by Gasteiger charge is 2.34. The number of rotatable bonds is 3. The number of morpholine rings is 1. The second-order valence-electron chi connectivity index (χ2n) is 9.24. The maximum Gasteiger partial charge on any atom is 0.321 e. The summed E-state index contributed by atoms with van der Waals surface area (Å²) in [4.78, 5) is 30.6. The van der Waals surface area contributed by atoms with Gasteiger partial charge in [-0.15, -0.1) is 0 Å². The lowest BCUT2D eigenvalue weighted by Gasteiger charge is -2.39. The summed E-state index contributed by atoms with van der Waals surface area (Å²) in [5, 5.41) is 11.6. The van der Waals surface area contributed by atoms with Crippen LogP contribution < -0.4 is 5.32 Å². The van der Waals surface area contributed by atoms with E-state index in [1.165, 1.54) is 0 Å². The van der Waals surface area contributed by atoms with E-state index in [4.69, 9.17) is 26.5 Å². The van der Waals surface area contributed by atoms with Crippen LogP contribution in [-0.4, -0.2) is 90.2 Å². The van der Waals surface area contributed by atoms with Crippen molar-refractivity contribution in [2.24, 2.45) is 0 Å². The summed E-state index contributed by atoms with van der Waals surface area (Å²) in [6, 6.07) is -0.159. The molecule has 1 atom stereocenters. The normalized spacial score (nSPS) is 20.0. The lowest BCUT2D eigenvalue weighted by atomic mass is 10.2. The zero-order valence-corrected chi connectivity index (χ0v) is 20.7. The van der Waals surface area contributed by atoms with Crippen LogP contribution in [-0.2, 0) is 14.3 Å². The number of hydrogen-bond donors (Lipinski definition) is 2. The third kappa shape index (κ3) is 7.70. The molecular formula is C22H36ClN5O4. The van der Waals surface area contributed by atoms with Crippen molar-refractivity contribution in [1.29, 1.82) is 5.41 Å². The summed E-state index contributed by atoms with van der Waals surface area (Å²) >= 11 is 6.13. The van der Waals surface area contributed by atoms with Crippen molar-refractivity contribution in [2.75, 3.05) is 45.9 Å². The number of carbonyl (C=O) groups is 2. The standard InChI is InChI=1S/C22H36ClN5O4/c1-15(2)17(23)13-16(3)25-21(30)27-9-7-26(8-10-27)19(29)18-14-28(11-12-31-18)20(24)32-22(4,5)6/h13,18,24H,7-12,14H2,1-6H3,(H,25,30)/b16-13+,24-20?. The van der Waals surface area contributed by atoms with Gasteiger partial charge in [0.05, 0.1) is 13.2 Å². The molecule has 0 aromatic rings. The van der Waals surface area contributed by atoms with E-state index in [1.807, 2.05) is 34.6 Å². The molecule has 0 aromatic heterocycles. The summed E-state index contributed by atoms with van der Waals surface area (Å²) in [5.74, 6) is -0.121. The molecule has 9 nitrogen and oxygen atoms in total. The minimum atomic E-state index is -0.649. The molecule has 0 saturated carbocycles. The summed E-state index contributed by atoms with van der Waals surface area (Å²) < 4.78 is 11.3. The molecule has 0 radical (unpaired) electrons. The second-order valence-corrected chi connectivity index (χ2v) is 9.65. The Hall–Kier alpha value is -2.26. The number of piperazine rings is 1. The number of ether oxygens (including phenoxy) is 2. The van der Waals surface area contributed by atoms with E-state index in [0.717, 1.165) is 5.57 Å². The van der Waals surface area contributed by atoms with E-state index in [1.54, 1.807) is 27.7 Å². The Kier molecular flexibility index (Phi) is 8.98. The highest BCUT2D eigenvalue weighted by atomic mass is 35.5. The zero-order chi connectivity index (χ0) is 24.1. The number of hydrogen-bond acceptors (Lipinski definition) is 5. The molecule has 0 aliphatic carbocycles. The first-order valence-electron chi connectivity index (χ1n) is 10.9. The molecular weight excluding hydrogens is 434 g/mol. The Balaban J connectivity index is 1.86. The van der Waals surface area contributed by atoms with Gasteiger partial charge in [0.2, 0.25) is 0 Å². The average molecular weight is 470 g/mol. The Labute approximate surface area is 195 Å². The number of nitrogens with one attached hydrogen (secondary N) is 2. The molecule has 0 aromatic carbocycles. The highest BCUT2D eigenvalue weighted by Crippen LogP contribution is 2.15. The fourth-order valence-electron chi connectivity index (χ4n) is 3.29. The van der Waals surface area contributed by atoms with Gasteiger partial charge in [0.15, 0.2) is 6.10 Å². The maximum absolute atomic E-state index is 13.0. The molecule has 2 saturated heterocycles. The van der Waals surface area contributed by atoms with Crippen LogP contribution in [0.4, 0.5) is 4.79 Å². The molecule has 2 aliphatic heterocycles. The van der Waals surface area contributed by atoms with Crippen molar-refractivity contribution >= 4 is 29.6 Å². The van der Waals surface area contributed by atoms with Gasteiger partial charge in [-0.25, -0.2) is 4.79 Å². The molecule has 0 spiro atoms. The summed E-state index contributed by atoms with van der Waals surface area (Å²) in [5.41, 5.74) is 1.15. The van der Waals surface area contributed by atoms with Crippen molar-refractivity contribution in [3.63, 3.8) is 0 Å². The fourth-order valence-corrected chi connectivity index (χ4v) is 3.45. The van der Waals surface area contributed by atoms with Crippen LogP contribution in [0, 0.1) is 5.41 Å². The zero-order valence-electron chi connectivity index (χ0n) is 20.0. The monoisotopic (exact) mass is 469 g/mol. The van der Waals surface area contributed by atoms with Gasteiger partial charge in [0.1, 0.15) is 5.60 Å². The minimum absolute atomic E-state index is 0.0525. The number of allylic oxidation sites excluding steroid dienone is 4. The van der Waals surface area contributed by atoms with Gasteiger partial charge in [-0.2, -0.15) is 0 Å². The van der Waals surface area contributed by atoms with Gasteiger partial charge in [0, 0.05) is 43.5 Å². The van der Waals surface area contributed by atoms with Crippen LogP contribution in [0.2, 0.25) is 0 Å². The molecule has 0 bridgehead atoms. The molecule has 10 heteroatoms. The van der Waals surface area contributed by atoms with Gasteiger partial charge in [-0.3, -0.25) is 10.2 Å². The second kappa shape index (κ2) is 11.0. The van der Waals surface area contributed by atoms with Crippen molar-refractivity contribution in [2.45, 2.75) is 53.2 Å². The predicted octanol–water partition coefficient (Wildman–Crippen LogP) is 2.73. The lowest BCUT2D eigenvalue weighted by Crippen LogP contribution is -2.58. The maximum atomic E-state index is 13.0. The van der Waals surface area contributed by atoms with Crippen LogP contribution >= 0.6 is 11.6 Å². The van der Waals surface area contributed by atoms with Crippen LogP contribution in [0.5, 0.6) is 0 Å². The van der Waals surface area contributed by atoms with E-state index >= 15 is 0 Å².